The number of halogens is 1. The zero-order valence-corrected chi connectivity index (χ0v) is 14.6. The minimum atomic E-state index is -0.589. The largest absolute Gasteiger partial charge is 0.465 e. The Hall–Kier alpha value is -2.87. The Bertz CT molecular complexity index is 1110. The molecule has 0 bridgehead atoms. The number of benzene rings is 1. The lowest BCUT2D eigenvalue weighted by Crippen LogP contribution is -2.39. The number of hydrogen-bond acceptors (Lipinski definition) is 5. The molecule has 8 nitrogen and oxygen atoms in total. The van der Waals surface area contributed by atoms with Crippen LogP contribution in [0.1, 0.15) is 15.9 Å². The molecule has 0 saturated carbocycles. The molecule has 2 heterocycles. The Kier molecular flexibility index (Phi) is 4.22. The zero-order valence-electron chi connectivity index (χ0n) is 13.8. The molecule has 1 aromatic carbocycles. The van der Waals surface area contributed by atoms with Crippen LogP contribution in [0.2, 0.25) is 5.02 Å². The number of imidazole rings is 1. The van der Waals surface area contributed by atoms with Gasteiger partial charge in [0.05, 0.1) is 30.6 Å². The van der Waals surface area contributed by atoms with E-state index in [4.69, 9.17) is 11.6 Å². The third-order valence-electron chi connectivity index (χ3n) is 3.98. The van der Waals surface area contributed by atoms with Crippen molar-refractivity contribution in [1.29, 1.82) is 0 Å². The first kappa shape index (κ1) is 17.0. The third kappa shape index (κ3) is 2.74. The Balaban J connectivity index is 2.16. The summed E-state index contributed by atoms with van der Waals surface area (Å²) in [5, 5.41) is 0.234. The second-order valence-electron chi connectivity index (χ2n) is 5.57. The predicted molar refractivity (Wildman–Crippen MR) is 92.1 cm³/mol. The fourth-order valence-corrected chi connectivity index (χ4v) is 2.85. The number of aromatic nitrogens is 4. The Morgan fingerprint density at radius 1 is 1.28 bits per heavy atom. The standard InChI is InChI=1S/C16H15ClN4O4/c1-19-8-18-13-12(19)14(22)21(16(24)20(13)2)7-9-4-5-11(17)10(6-9)15(23)25-3/h4-6,8H,7H2,1-3H3. The summed E-state index contributed by atoms with van der Waals surface area (Å²) in [6, 6.07) is 4.68. The number of hydrogen-bond donors (Lipinski definition) is 0. The van der Waals surface area contributed by atoms with Crippen LogP contribution >= 0.6 is 11.6 Å². The van der Waals surface area contributed by atoms with Gasteiger partial charge < -0.3 is 9.30 Å². The highest BCUT2D eigenvalue weighted by Gasteiger charge is 2.16. The van der Waals surface area contributed by atoms with Gasteiger partial charge in [0.25, 0.3) is 5.56 Å². The van der Waals surface area contributed by atoms with Crippen molar-refractivity contribution in [3.05, 3.63) is 61.5 Å². The molecule has 0 N–H and O–H groups in total. The molecule has 0 atom stereocenters. The van der Waals surface area contributed by atoms with Gasteiger partial charge in [0.2, 0.25) is 0 Å². The number of methoxy groups -OCH3 is 1. The monoisotopic (exact) mass is 362 g/mol. The number of rotatable bonds is 3. The molecule has 3 aromatic rings. The molecule has 0 aliphatic rings. The van der Waals surface area contributed by atoms with E-state index < -0.39 is 17.2 Å². The smallest absolute Gasteiger partial charge is 0.339 e. The minimum absolute atomic E-state index is 0.00616. The molecular weight excluding hydrogens is 348 g/mol. The molecule has 0 fully saturated rings. The molecule has 0 aliphatic heterocycles. The van der Waals surface area contributed by atoms with Crippen LogP contribution < -0.4 is 11.2 Å². The summed E-state index contributed by atoms with van der Waals surface area (Å²) in [6.07, 6.45) is 1.48. The van der Waals surface area contributed by atoms with Gasteiger partial charge in [-0.05, 0) is 17.7 Å². The summed E-state index contributed by atoms with van der Waals surface area (Å²) >= 11 is 6.00. The molecule has 0 radical (unpaired) electrons. The minimum Gasteiger partial charge on any atom is -0.465 e. The van der Waals surface area contributed by atoms with Gasteiger partial charge >= 0.3 is 11.7 Å². The van der Waals surface area contributed by atoms with E-state index in [0.29, 0.717) is 16.7 Å². The number of fused-ring (bicyclic) bond motifs is 1. The lowest BCUT2D eigenvalue weighted by molar-refractivity contribution is 0.0601. The van der Waals surface area contributed by atoms with E-state index in [1.54, 1.807) is 24.7 Å². The summed E-state index contributed by atoms with van der Waals surface area (Å²) in [6.45, 7) is -0.00616. The molecule has 25 heavy (non-hydrogen) atoms. The molecular formula is C16H15ClN4O4. The zero-order chi connectivity index (χ0) is 18.3. The number of carbonyl (C=O) groups excluding carboxylic acids is 1. The lowest BCUT2D eigenvalue weighted by atomic mass is 10.1. The van der Waals surface area contributed by atoms with Crippen molar-refractivity contribution in [1.82, 2.24) is 18.7 Å². The maximum Gasteiger partial charge on any atom is 0.339 e. The normalized spacial score (nSPS) is 11.0. The van der Waals surface area contributed by atoms with E-state index in [1.165, 1.54) is 30.1 Å². The maximum absolute atomic E-state index is 12.7. The quantitative estimate of drug-likeness (QED) is 0.646. The van der Waals surface area contributed by atoms with E-state index in [9.17, 15) is 14.4 Å². The maximum atomic E-state index is 12.7. The second kappa shape index (κ2) is 6.21. The molecule has 3 rings (SSSR count). The van der Waals surface area contributed by atoms with Crippen LogP contribution in [0.15, 0.2) is 34.1 Å². The molecule has 0 saturated heterocycles. The molecule has 0 amide bonds. The summed E-state index contributed by atoms with van der Waals surface area (Å²) in [5.74, 6) is -0.589. The van der Waals surface area contributed by atoms with Crippen LogP contribution in [-0.4, -0.2) is 31.8 Å². The van der Waals surface area contributed by atoms with Crippen molar-refractivity contribution in [2.75, 3.05) is 7.11 Å². The highest BCUT2D eigenvalue weighted by Crippen LogP contribution is 2.19. The Labute approximate surface area is 146 Å². The summed E-state index contributed by atoms with van der Waals surface area (Å²) in [5.41, 5.74) is 0.446. The van der Waals surface area contributed by atoms with Gasteiger partial charge in [-0.15, -0.1) is 0 Å². The average Bonchev–Trinajstić information content (AvgIpc) is 2.99. The molecule has 0 aliphatic carbocycles. The van der Waals surface area contributed by atoms with E-state index in [0.717, 1.165) is 4.57 Å². The average molecular weight is 363 g/mol. The van der Waals surface area contributed by atoms with Crippen LogP contribution in [-0.2, 0) is 25.4 Å². The van der Waals surface area contributed by atoms with Gasteiger partial charge in [-0.1, -0.05) is 17.7 Å². The SMILES string of the molecule is COC(=O)c1cc(Cn2c(=O)c3c(ncn3C)n(C)c2=O)ccc1Cl. The van der Waals surface area contributed by atoms with E-state index in [2.05, 4.69) is 9.72 Å². The molecule has 0 unspecified atom stereocenters. The van der Waals surface area contributed by atoms with Gasteiger partial charge in [0.1, 0.15) is 0 Å². The Morgan fingerprint density at radius 3 is 2.68 bits per heavy atom. The van der Waals surface area contributed by atoms with E-state index in [1.807, 2.05) is 0 Å². The van der Waals surface area contributed by atoms with Crippen LogP contribution in [0.5, 0.6) is 0 Å². The molecule has 130 valence electrons. The topological polar surface area (TPSA) is 88.1 Å². The van der Waals surface area contributed by atoms with Gasteiger partial charge in [-0.3, -0.25) is 13.9 Å². The number of carbonyl (C=O) groups is 1. The molecule has 2 aromatic heterocycles. The van der Waals surface area contributed by atoms with Crippen molar-refractivity contribution >= 4 is 28.7 Å². The predicted octanol–water partition coefficient (Wildman–Crippen LogP) is 0.922. The van der Waals surface area contributed by atoms with Crippen LogP contribution in [0.3, 0.4) is 0 Å². The Morgan fingerprint density at radius 2 is 2.00 bits per heavy atom. The fraction of sp³-hybridized carbons (Fsp3) is 0.250. The van der Waals surface area contributed by atoms with Gasteiger partial charge in [0, 0.05) is 14.1 Å². The van der Waals surface area contributed by atoms with Gasteiger partial charge in [-0.2, -0.15) is 0 Å². The van der Waals surface area contributed by atoms with Gasteiger partial charge in [-0.25, -0.2) is 14.6 Å². The fourth-order valence-electron chi connectivity index (χ4n) is 2.66. The highest BCUT2D eigenvalue weighted by molar-refractivity contribution is 6.33. The van der Waals surface area contributed by atoms with Crippen molar-refractivity contribution in [3.8, 4) is 0 Å². The van der Waals surface area contributed by atoms with E-state index >= 15 is 0 Å². The first-order valence-electron chi connectivity index (χ1n) is 7.32. The summed E-state index contributed by atoms with van der Waals surface area (Å²) in [7, 11) is 4.49. The number of aryl methyl sites for hydroxylation is 2. The number of ether oxygens (including phenoxy) is 1. The van der Waals surface area contributed by atoms with Crippen molar-refractivity contribution in [2.24, 2.45) is 14.1 Å². The summed E-state index contributed by atoms with van der Waals surface area (Å²) < 4.78 is 8.65. The molecule has 0 spiro atoms. The lowest BCUT2D eigenvalue weighted by Gasteiger charge is -2.10. The number of nitrogens with zero attached hydrogens (tertiary/aromatic N) is 4. The van der Waals surface area contributed by atoms with Crippen molar-refractivity contribution in [3.63, 3.8) is 0 Å². The molecule has 9 heteroatoms. The first-order chi connectivity index (χ1) is 11.8. The van der Waals surface area contributed by atoms with E-state index in [-0.39, 0.29) is 17.1 Å². The van der Waals surface area contributed by atoms with Crippen LogP contribution in [0.4, 0.5) is 0 Å². The highest BCUT2D eigenvalue weighted by atomic mass is 35.5. The first-order valence-corrected chi connectivity index (χ1v) is 7.70. The van der Waals surface area contributed by atoms with Crippen molar-refractivity contribution in [2.45, 2.75) is 6.54 Å². The van der Waals surface area contributed by atoms with Crippen molar-refractivity contribution < 1.29 is 9.53 Å². The van der Waals surface area contributed by atoms with Gasteiger partial charge in [0.15, 0.2) is 11.2 Å². The van der Waals surface area contributed by atoms with Crippen LogP contribution in [0, 0.1) is 0 Å². The number of esters is 1. The third-order valence-corrected chi connectivity index (χ3v) is 4.31. The second-order valence-corrected chi connectivity index (χ2v) is 5.97. The van der Waals surface area contributed by atoms with Crippen LogP contribution in [0.25, 0.3) is 11.2 Å². The summed E-state index contributed by atoms with van der Waals surface area (Å²) in [4.78, 5) is 41.1.